The Bertz CT molecular complexity index is 738. The number of halogens is 1. The van der Waals surface area contributed by atoms with E-state index in [9.17, 15) is 14.9 Å². The topological polar surface area (TPSA) is 84.6 Å². The van der Waals surface area contributed by atoms with E-state index in [2.05, 4.69) is 10.5 Å². The Morgan fingerprint density at radius 3 is 2.74 bits per heavy atom. The third-order valence-electron chi connectivity index (χ3n) is 2.70. The molecular weight excluding hydrogens is 338 g/mol. The number of carbonyl (C=O) groups is 1. The van der Waals surface area contributed by atoms with Crippen LogP contribution in [-0.4, -0.2) is 22.8 Å². The molecule has 1 amide bonds. The fourth-order valence-electron chi connectivity index (χ4n) is 1.62. The molecule has 118 valence electrons. The van der Waals surface area contributed by atoms with Crippen LogP contribution in [0.3, 0.4) is 0 Å². The maximum absolute atomic E-state index is 11.7. The van der Waals surface area contributed by atoms with E-state index < -0.39 is 4.92 Å². The molecule has 0 aliphatic heterocycles. The molecule has 0 saturated heterocycles. The Morgan fingerprint density at radius 2 is 2.04 bits per heavy atom. The molecule has 2 rings (SSSR count). The zero-order valence-electron chi connectivity index (χ0n) is 11.8. The highest BCUT2D eigenvalue weighted by molar-refractivity contribution is 8.00. The van der Waals surface area contributed by atoms with Crippen LogP contribution in [0.2, 0.25) is 5.02 Å². The van der Waals surface area contributed by atoms with Crippen LogP contribution >= 0.6 is 23.4 Å². The molecule has 1 N–H and O–H groups in total. The Hall–Kier alpha value is -2.38. The van der Waals surface area contributed by atoms with Gasteiger partial charge in [-0.05, 0) is 18.2 Å². The number of benzene rings is 2. The molecule has 0 spiro atoms. The predicted molar refractivity (Wildman–Crippen MR) is 91.0 cm³/mol. The first-order chi connectivity index (χ1) is 11.1. The Morgan fingerprint density at radius 1 is 1.30 bits per heavy atom. The zero-order valence-corrected chi connectivity index (χ0v) is 13.4. The molecule has 0 atom stereocenters. The molecule has 0 heterocycles. The molecule has 0 aliphatic carbocycles. The highest BCUT2D eigenvalue weighted by Gasteiger charge is 2.08. The monoisotopic (exact) mass is 349 g/mol. The number of nitro benzene ring substituents is 1. The highest BCUT2D eigenvalue weighted by Crippen LogP contribution is 2.20. The number of nitrogens with zero attached hydrogens (tertiary/aromatic N) is 2. The van der Waals surface area contributed by atoms with Gasteiger partial charge in [0.15, 0.2) is 0 Å². The molecule has 8 heteroatoms. The Balaban J connectivity index is 1.90. The summed E-state index contributed by atoms with van der Waals surface area (Å²) in [4.78, 5) is 22.8. The molecule has 0 unspecified atom stereocenters. The van der Waals surface area contributed by atoms with E-state index in [1.807, 2.05) is 30.3 Å². The van der Waals surface area contributed by atoms with E-state index in [0.29, 0.717) is 10.6 Å². The number of thioether (sulfide) groups is 1. The first-order valence-corrected chi connectivity index (χ1v) is 7.86. The van der Waals surface area contributed by atoms with Crippen molar-refractivity contribution in [2.45, 2.75) is 4.90 Å². The molecule has 23 heavy (non-hydrogen) atoms. The summed E-state index contributed by atoms with van der Waals surface area (Å²) in [6.07, 6.45) is 1.28. The summed E-state index contributed by atoms with van der Waals surface area (Å²) in [5.74, 6) is -0.0685. The first-order valence-electron chi connectivity index (χ1n) is 6.50. The highest BCUT2D eigenvalue weighted by atomic mass is 35.5. The van der Waals surface area contributed by atoms with E-state index in [-0.39, 0.29) is 17.3 Å². The van der Waals surface area contributed by atoms with Crippen molar-refractivity contribution in [1.29, 1.82) is 0 Å². The standard InChI is InChI=1S/C15H12ClN3O3S/c16-14-7-6-12(19(21)22)8-11(14)9-17-18-15(20)10-23-13-4-2-1-3-5-13/h1-9H,10H2,(H,18,20)/b17-9+. The van der Waals surface area contributed by atoms with Crippen LogP contribution in [0.15, 0.2) is 58.5 Å². The number of hydrogen-bond donors (Lipinski definition) is 1. The van der Waals surface area contributed by atoms with Gasteiger partial charge in [-0.1, -0.05) is 29.8 Å². The summed E-state index contributed by atoms with van der Waals surface area (Å²) in [6, 6.07) is 13.5. The lowest BCUT2D eigenvalue weighted by atomic mass is 10.2. The minimum Gasteiger partial charge on any atom is -0.272 e. The molecule has 6 nitrogen and oxygen atoms in total. The van der Waals surface area contributed by atoms with Crippen LogP contribution in [0.5, 0.6) is 0 Å². The Labute approximate surface area is 141 Å². The van der Waals surface area contributed by atoms with Crippen LogP contribution in [0.4, 0.5) is 5.69 Å². The number of carbonyl (C=O) groups excluding carboxylic acids is 1. The van der Waals surface area contributed by atoms with Crippen LogP contribution in [0.25, 0.3) is 0 Å². The number of non-ortho nitro benzene ring substituents is 1. The molecule has 2 aromatic rings. The fourth-order valence-corrected chi connectivity index (χ4v) is 2.49. The summed E-state index contributed by atoms with van der Waals surface area (Å²) in [5, 5.41) is 14.8. The number of nitrogens with one attached hydrogen (secondary N) is 1. The zero-order chi connectivity index (χ0) is 16.7. The van der Waals surface area contributed by atoms with Gasteiger partial charge in [-0.15, -0.1) is 11.8 Å². The lowest BCUT2D eigenvalue weighted by molar-refractivity contribution is -0.384. The smallest absolute Gasteiger partial charge is 0.270 e. The second-order valence-electron chi connectivity index (χ2n) is 4.36. The molecule has 0 saturated carbocycles. The van der Waals surface area contributed by atoms with Crippen molar-refractivity contribution in [2.75, 3.05) is 5.75 Å². The van der Waals surface area contributed by atoms with Gasteiger partial charge in [0.2, 0.25) is 5.91 Å². The van der Waals surface area contributed by atoms with Gasteiger partial charge in [0.1, 0.15) is 0 Å². The normalized spacial score (nSPS) is 10.7. The maximum atomic E-state index is 11.7. The summed E-state index contributed by atoms with van der Waals surface area (Å²) in [5.41, 5.74) is 2.62. The summed E-state index contributed by atoms with van der Waals surface area (Å²) in [7, 11) is 0. The maximum Gasteiger partial charge on any atom is 0.270 e. The van der Waals surface area contributed by atoms with Crippen molar-refractivity contribution in [3.8, 4) is 0 Å². The minimum atomic E-state index is -0.525. The van der Waals surface area contributed by atoms with Crippen molar-refractivity contribution >= 4 is 41.2 Å². The van der Waals surface area contributed by atoms with Gasteiger partial charge in [-0.2, -0.15) is 5.10 Å². The van der Waals surface area contributed by atoms with E-state index in [0.717, 1.165) is 4.90 Å². The second-order valence-corrected chi connectivity index (χ2v) is 5.81. The van der Waals surface area contributed by atoms with Gasteiger partial charge < -0.3 is 0 Å². The predicted octanol–water partition coefficient (Wildman–Crippen LogP) is 3.49. The average molecular weight is 350 g/mol. The summed E-state index contributed by atoms with van der Waals surface area (Å²) >= 11 is 7.31. The lowest BCUT2D eigenvalue weighted by Crippen LogP contribution is -2.19. The molecule has 0 fully saturated rings. The van der Waals surface area contributed by atoms with Gasteiger partial charge in [0.05, 0.1) is 16.9 Å². The Kier molecular flexibility index (Phi) is 6.13. The molecular formula is C15H12ClN3O3S. The van der Waals surface area contributed by atoms with E-state index >= 15 is 0 Å². The minimum absolute atomic E-state index is 0.0955. The van der Waals surface area contributed by atoms with Crippen LogP contribution in [0.1, 0.15) is 5.56 Å². The number of hydrazone groups is 1. The average Bonchev–Trinajstić information content (AvgIpc) is 2.55. The van der Waals surface area contributed by atoms with E-state index in [1.165, 1.54) is 36.2 Å². The molecule has 0 aromatic heterocycles. The summed E-state index contributed by atoms with van der Waals surface area (Å²) < 4.78 is 0. The van der Waals surface area contributed by atoms with Gasteiger partial charge in [-0.25, -0.2) is 5.43 Å². The van der Waals surface area contributed by atoms with Crippen molar-refractivity contribution < 1.29 is 9.72 Å². The number of nitro groups is 1. The number of rotatable bonds is 6. The third kappa shape index (κ3) is 5.39. The molecule has 0 radical (unpaired) electrons. The van der Waals surface area contributed by atoms with Gasteiger partial charge in [0, 0.05) is 27.6 Å². The van der Waals surface area contributed by atoms with Crippen molar-refractivity contribution in [3.05, 3.63) is 69.2 Å². The number of amides is 1. The van der Waals surface area contributed by atoms with Gasteiger partial charge >= 0.3 is 0 Å². The lowest BCUT2D eigenvalue weighted by Gasteiger charge is -2.01. The van der Waals surface area contributed by atoms with Gasteiger partial charge in [0.25, 0.3) is 5.69 Å². The first kappa shape index (κ1) is 17.0. The van der Waals surface area contributed by atoms with Crippen molar-refractivity contribution in [1.82, 2.24) is 5.43 Å². The SMILES string of the molecule is O=C(CSc1ccccc1)N/N=C/c1cc([N+](=O)[O-])ccc1Cl. The molecule has 0 bridgehead atoms. The van der Waals surface area contributed by atoms with E-state index in [4.69, 9.17) is 11.6 Å². The van der Waals surface area contributed by atoms with Gasteiger partial charge in [-0.3, -0.25) is 14.9 Å². The van der Waals surface area contributed by atoms with Crippen molar-refractivity contribution in [3.63, 3.8) is 0 Å². The number of hydrogen-bond acceptors (Lipinski definition) is 5. The van der Waals surface area contributed by atoms with Crippen LogP contribution in [0, 0.1) is 10.1 Å². The second kappa shape index (κ2) is 8.30. The quantitative estimate of drug-likeness (QED) is 0.374. The van der Waals surface area contributed by atoms with Crippen LogP contribution < -0.4 is 5.43 Å². The third-order valence-corrected chi connectivity index (χ3v) is 4.05. The van der Waals surface area contributed by atoms with Crippen LogP contribution in [-0.2, 0) is 4.79 Å². The molecule has 2 aromatic carbocycles. The summed E-state index contributed by atoms with van der Waals surface area (Å²) in [6.45, 7) is 0. The largest absolute Gasteiger partial charge is 0.272 e. The molecule has 0 aliphatic rings. The fraction of sp³-hybridized carbons (Fsp3) is 0.0667. The van der Waals surface area contributed by atoms with E-state index in [1.54, 1.807) is 0 Å². The van der Waals surface area contributed by atoms with Crippen molar-refractivity contribution in [2.24, 2.45) is 5.10 Å².